The molecule has 8 nitrogen and oxygen atoms in total. The molecule has 1 N–H and O–H groups in total. The van der Waals surface area contributed by atoms with Gasteiger partial charge in [-0.3, -0.25) is 4.79 Å². The summed E-state index contributed by atoms with van der Waals surface area (Å²) in [5.74, 6) is 0.344. The molecule has 1 amide bonds. The van der Waals surface area contributed by atoms with Crippen molar-refractivity contribution in [1.29, 1.82) is 0 Å². The third kappa shape index (κ3) is 3.74. The van der Waals surface area contributed by atoms with Crippen LogP contribution in [0.25, 0.3) is 16.7 Å². The number of para-hydroxylation sites is 2. The molecule has 0 saturated carbocycles. The van der Waals surface area contributed by atoms with Crippen molar-refractivity contribution < 1.29 is 4.79 Å². The Morgan fingerprint density at radius 3 is 2.55 bits per heavy atom. The van der Waals surface area contributed by atoms with Gasteiger partial charge < -0.3 is 10.2 Å². The minimum Gasteiger partial charge on any atom is -0.353 e. The lowest BCUT2D eigenvalue weighted by Crippen LogP contribution is -2.31. The number of benzene rings is 2. The normalized spacial score (nSPS) is 14.3. The standard InChI is InChI=1S/C22H21ClN6O2/c23-15-8-10-16(11-9-15)24-19(30)14-28-22(31)29-18-7-3-2-6-17(18)25-20(21(29)26-28)27-12-4-1-5-13-27/h2-3,6-11H,1,4-5,12-14H2,(H,24,30). The Morgan fingerprint density at radius 1 is 1.03 bits per heavy atom. The van der Waals surface area contributed by atoms with E-state index in [1.165, 1.54) is 11.1 Å². The predicted octanol–water partition coefficient (Wildman–Crippen LogP) is 3.33. The van der Waals surface area contributed by atoms with Gasteiger partial charge in [0, 0.05) is 23.8 Å². The SMILES string of the molecule is O=C(Cn1nc2c(N3CCCCC3)nc3ccccc3n2c1=O)Nc1ccc(Cl)cc1. The second-order valence-electron chi connectivity index (χ2n) is 7.63. The Kier molecular flexibility index (Phi) is 5.07. The van der Waals surface area contributed by atoms with Crippen molar-refractivity contribution in [1.82, 2.24) is 19.2 Å². The van der Waals surface area contributed by atoms with E-state index in [4.69, 9.17) is 16.6 Å². The molecule has 9 heteroatoms. The molecule has 31 heavy (non-hydrogen) atoms. The summed E-state index contributed by atoms with van der Waals surface area (Å²) in [7, 11) is 0. The smallest absolute Gasteiger partial charge is 0.351 e. The van der Waals surface area contributed by atoms with Gasteiger partial charge in [0.05, 0.1) is 11.0 Å². The first-order chi connectivity index (χ1) is 15.1. The first kappa shape index (κ1) is 19.6. The number of aromatic nitrogens is 4. The molecule has 0 spiro atoms. The predicted molar refractivity (Wildman–Crippen MR) is 121 cm³/mol. The van der Waals surface area contributed by atoms with Gasteiger partial charge in [0.15, 0.2) is 5.82 Å². The number of nitrogens with zero attached hydrogens (tertiary/aromatic N) is 5. The van der Waals surface area contributed by atoms with Crippen LogP contribution in [0.15, 0.2) is 53.3 Å². The van der Waals surface area contributed by atoms with Crippen LogP contribution in [0.5, 0.6) is 0 Å². The van der Waals surface area contributed by atoms with Crippen LogP contribution in [-0.2, 0) is 11.3 Å². The van der Waals surface area contributed by atoms with Gasteiger partial charge in [-0.15, -0.1) is 5.10 Å². The Bertz CT molecular complexity index is 1320. The fourth-order valence-corrected chi connectivity index (χ4v) is 4.10. The summed E-state index contributed by atoms with van der Waals surface area (Å²) in [5, 5.41) is 7.87. The molecule has 158 valence electrons. The van der Waals surface area contributed by atoms with Gasteiger partial charge >= 0.3 is 5.69 Å². The van der Waals surface area contributed by atoms with Crippen LogP contribution in [0, 0.1) is 0 Å². The summed E-state index contributed by atoms with van der Waals surface area (Å²) < 4.78 is 2.75. The van der Waals surface area contributed by atoms with E-state index in [2.05, 4.69) is 15.3 Å². The number of carbonyl (C=O) groups excluding carboxylic acids is 1. The molecule has 2 aromatic heterocycles. The molecule has 5 rings (SSSR count). The summed E-state index contributed by atoms with van der Waals surface area (Å²) in [4.78, 5) is 32.8. The van der Waals surface area contributed by atoms with Crippen LogP contribution in [0.3, 0.4) is 0 Å². The van der Waals surface area contributed by atoms with E-state index in [1.54, 1.807) is 28.7 Å². The third-order valence-corrected chi connectivity index (χ3v) is 5.72. The molecule has 2 aromatic carbocycles. The van der Waals surface area contributed by atoms with Gasteiger partial charge in [0.2, 0.25) is 11.6 Å². The fourth-order valence-electron chi connectivity index (χ4n) is 3.97. The quantitative estimate of drug-likeness (QED) is 0.530. The van der Waals surface area contributed by atoms with E-state index in [-0.39, 0.29) is 18.1 Å². The van der Waals surface area contributed by atoms with Gasteiger partial charge in [-0.05, 0) is 55.7 Å². The number of piperidine rings is 1. The average molecular weight is 437 g/mol. The Hall–Kier alpha value is -3.39. The molecular weight excluding hydrogens is 416 g/mol. The number of carbonyl (C=O) groups is 1. The van der Waals surface area contributed by atoms with E-state index in [0.29, 0.717) is 27.7 Å². The maximum Gasteiger partial charge on any atom is 0.351 e. The molecule has 0 atom stereocenters. The highest BCUT2D eigenvalue weighted by molar-refractivity contribution is 6.30. The lowest BCUT2D eigenvalue weighted by molar-refractivity contribution is -0.117. The van der Waals surface area contributed by atoms with Crippen LogP contribution in [0.1, 0.15) is 19.3 Å². The number of anilines is 2. The molecular formula is C22H21ClN6O2. The number of hydrogen-bond acceptors (Lipinski definition) is 5. The Balaban J connectivity index is 1.55. The topological polar surface area (TPSA) is 84.5 Å². The van der Waals surface area contributed by atoms with E-state index < -0.39 is 0 Å². The lowest BCUT2D eigenvalue weighted by atomic mass is 10.1. The fraction of sp³-hybridized carbons (Fsp3) is 0.273. The zero-order valence-electron chi connectivity index (χ0n) is 16.8. The zero-order chi connectivity index (χ0) is 21.4. The van der Waals surface area contributed by atoms with Crippen molar-refractivity contribution >= 4 is 45.7 Å². The summed E-state index contributed by atoms with van der Waals surface area (Å²) >= 11 is 5.89. The van der Waals surface area contributed by atoms with Crippen LogP contribution in [-0.4, -0.2) is 38.2 Å². The molecule has 1 saturated heterocycles. The van der Waals surface area contributed by atoms with Crippen LogP contribution < -0.4 is 15.9 Å². The highest BCUT2D eigenvalue weighted by Gasteiger charge is 2.22. The summed E-state index contributed by atoms with van der Waals surface area (Å²) in [5.41, 5.74) is 2.12. The lowest BCUT2D eigenvalue weighted by Gasteiger charge is -2.27. The van der Waals surface area contributed by atoms with Crippen LogP contribution >= 0.6 is 11.6 Å². The van der Waals surface area contributed by atoms with Gasteiger partial charge in [-0.2, -0.15) is 0 Å². The van der Waals surface area contributed by atoms with E-state index in [0.717, 1.165) is 31.4 Å². The number of halogens is 1. The number of amides is 1. The molecule has 0 radical (unpaired) electrons. The molecule has 0 aliphatic carbocycles. The van der Waals surface area contributed by atoms with Crippen LogP contribution in [0.2, 0.25) is 5.02 Å². The number of nitrogens with one attached hydrogen (secondary N) is 1. The Labute approximate surface area is 183 Å². The molecule has 1 aliphatic rings. The monoisotopic (exact) mass is 436 g/mol. The third-order valence-electron chi connectivity index (χ3n) is 5.47. The summed E-state index contributed by atoms with van der Waals surface area (Å²) in [6.07, 6.45) is 3.34. The molecule has 3 heterocycles. The highest BCUT2D eigenvalue weighted by Crippen LogP contribution is 2.25. The van der Waals surface area contributed by atoms with Crippen LogP contribution in [0.4, 0.5) is 11.5 Å². The maximum atomic E-state index is 13.2. The van der Waals surface area contributed by atoms with Crippen molar-refractivity contribution in [2.75, 3.05) is 23.3 Å². The van der Waals surface area contributed by atoms with Gasteiger partial charge in [-0.1, -0.05) is 23.7 Å². The largest absolute Gasteiger partial charge is 0.353 e. The van der Waals surface area contributed by atoms with E-state index in [9.17, 15) is 9.59 Å². The van der Waals surface area contributed by atoms with Crippen molar-refractivity contribution in [2.45, 2.75) is 25.8 Å². The number of fused-ring (bicyclic) bond motifs is 3. The minimum absolute atomic E-state index is 0.198. The molecule has 1 fully saturated rings. The maximum absolute atomic E-state index is 13.2. The highest BCUT2D eigenvalue weighted by atomic mass is 35.5. The van der Waals surface area contributed by atoms with Gasteiger partial charge in [-0.25, -0.2) is 18.9 Å². The van der Waals surface area contributed by atoms with Crippen molar-refractivity contribution in [2.24, 2.45) is 0 Å². The molecule has 1 aliphatic heterocycles. The Morgan fingerprint density at radius 2 is 1.77 bits per heavy atom. The molecule has 0 unspecified atom stereocenters. The number of rotatable bonds is 4. The summed E-state index contributed by atoms with van der Waals surface area (Å²) in [6, 6.07) is 14.3. The van der Waals surface area contributed by atoms with E-state index in [1.807, 2.05) is 24.3 Å². The molecule has 0 bridgehead atoms. The van der Waals surface area contributed by atoms with Gasteiger partial charge in [0.1, 0.15) is 6.54 Å². The summed E-state index contributed by atoms with van der Waals surface area (Å²) in [6.45, 7) is 1.55. The van der Waals surface area contributed by atoms with E-state index >= 15 is 0 Å². The van der Waals surface area contributed by atoms with Crippen molar-refractivity contribution in [3.05, 3.63) is 64.0 Å². The second-order valence-corrected chi connectivity index (χ2v) is 8.06. The molecule has 4 aromatic rings. The second kappa shape index (κ2) is 8.03. The van der Waals surface area contributed by atoms with Crippen molar-refractivity contribution in [3.63, 3.8) is 0 Å². The first-order valence-electron chi connectivity index (χ1n) is 10.3. The first-order valence-corrected chi connectivity index (χ1v) is 10.7. The van der Waals surface area contributed by atoms with Gasteiger partial charge in [0.25, 0.3) is 0 Å². The average Bonchev–Trinajstić information content (AvgIpc) is 3.11. The van der Waals surface area contributed by atoms with Crippen molar-refractivity contribution in [3.8, 4) is 0 Å². The minimum atomic E-state index is -0.363. The number of hydrogen-bond donors (Lipinski definition) is 1. The zero-order valence-corrected chi connectivity index (χ0v) is 17.5.